The zero-order valence-corrected chi connectivity index (χ0v) is 9.99. The summed E-state index contributed by atoms with van der Waals surface area (Å²) >= 11 is 0. The van der Waals surface area contributed by atoms with Crippen molar-refractivity contribution in [1.82, 2.24) is 14.6 Å². The largest absolute Gasteiger partial charge is 0.369 e. The molecule has 0 aliphatic carbocycles. The SMILES string of the molecule is NC(=O)C1CCN(c2nccn3nccc23)CC1. The number of hydrogen-bond donors (Lipinski definition) is 1. The van der Waals surface area contributed by atoms with Crippen molar-refractivity contribution in [2.45, 2.75) is 12.8 Å². The van der Waals surface area contributed by atoms with Crippen LogP contribution < -0.4 is 10.6 Å². The first-order valence-electron chi connectivity index (χ1n) is 6.08. The van der Waals surface area contributed by atoms with Gasteiger partial charge < -0.3 is 10.6 Å². The molecule has 1 aliphatic heterocycles. The lowest BCUT2D eigenvalue weighted by atomic mass is 9.96. The molecular formula is C12H15N5O. The number of carbonyl (C=O) groups excluding carboxylic acids is 1. The van der Waals surface area contributed by atoms with Gasteiger partial charge in [-0.3, -0.25) is 4.79 Å². The van der Waals surface area contributed by atoms with Gasteiger partial charge in [0.15, 0.2) is 5.82 Å². The van der Waals surface area contributed by atoms with Gasteiger partial charge >= 0.3 is 0 Å². The third-order valence-electron chi connectivity index (χ3n) is 3.50. The fourth-order valence-electron chi connectivity index (χ4n) is 2.46. The number of nitrogens with zero attached hydrogens (tertiary/aromatic N) is 4. The Morgan fingerprint density at radius 1 is 1.33 bits per heavy atom. The maximum atomic E-state index is 11.1. The van der Waals surface area contributed by atoms with Crippen molar-refractivity contribution < 1.29 is 4.79 Å². The summed E-state index contributed by atoms with van der Waals surface area (Å²) < 4.78 is 1.81. The molecule has 0 spiro atoms. The smallest absolute Gasteiger partial charge is 0.220 e. The highest BCUT2D eigenvalue weighted by atomic mass is 16.1. The van der Waals surface area contributed by atoms with E-state index < -0.39 is 0 Å². The second-order valence-corrected chi connectivity index (χ2v) is 4.58. The Morgan fingerprint density at radius 3 is 2.83 bits per heavy atom. The molecule has 18 heavy (non-hydrogen) atoms. The summed E-state index contributed by atoms with van der Waals surface area (Å²) in [5, 5.41) is 4.19. The number of rotatable bonds is 2. The predicted octanol–water partition coefficient (Wildman–Crippen LogP) is 0.431. The van der Waals surface area contributed by atoms with Gasteiger partial charge in [0, 0.05) is 31.4 Å². The lowest BCUT2D eigenvalue weighted by Crippen LogP contribution is -2.39. The monoisotopic (exact) mass is 245 g/mol. The number of carbonyl (C=O) groups is 1. The van der Waals surface area contributed by atoms with Crippen molar-refractivity contribution in [3.05, 3.63) is 24.7 Å². The van der Waals surface area contributed by atoms with Crippen molar-refractivity contribution in [3.63, 3.8) is 0 Å². The lowest BCUT2D eigenvalue weighted by Gasteiger charge is -2.31. The van der Waals surface area contributed by atoms with E-state index in [0.29, 0.717) is 0 Å². The average Bonchev–Trinajstić information content (AvgIpc) is 2.87. The Labute approximate surface area is 104 Å². The van der Waals surface area contributed by atoms with Crippen molar-refractivity contribution >= 4 is 17.2 Å². The zero-order valence-electron chi connectivity index (χ0n) is 9.99. The number of anilines is 1. The predicted molar refractivity (Wildman–Crippen MR) is 67.1 cm³/mol. The molecule has 2 aromatic heterocycles. The number of hydrogen-bond acceptors (Lipinski definition) is 4. The molecule has 1 saturated heterocycles. The van der Waals surface area contributed by atoms with E-state index in [2.05, 4.69) is 15.0 Å². The highest BCUT2D eigenvalue weighted by Gasteiger charge is 2.24. The van der Waals surface area contributed by atoms with Gasteiger partial charge in [-0.1, -0.05) is 0 Å². The van der Waals surface area contributed by atoms with Gasteiger partial charge in [0.05, 0.1) is 6.20 Å². The van der Waals surface area contributed by atoms with Crippen LogP contribution in [0.15, 0.2) is 24.7 Å². The summed E-state index contributed by atoms with van der Waals surface area (Å²) in [5.74, 6) is 0.744. The van der Waals surface area contributed by atoms with Crippen molar-refractivity contribution in [2.75, 3.05) is 18.0 Å². The summed E-state index contributed by atoms with van der Waals surface area (Å²) in [6.45, 7) is 1.62. The van der Waals surface area contributed by atoms with E-state index >= 15 is 0 Å². The van der Waals surface area contributed by atoms with Crippen LogP contribution in [-0.2, 0) is 4.79 Å². The number of fused-ring (bicyclic) bond motifs is 1. The first-order valence-corrected chi connectivity index (χ1v) is 6.08. The van der Waals surface area contributed by atoms with E-state index in [1.165, 1.54) is 0 Å². The van der Waals surface area contributed by atoms with Crippen LogP contribution >= 0.6 is 0 Å². The van der Waals surface area contributed by atoms with Crippen LogP contribution in [0.4, 0.5) is 5.82 Å². The number of amides is 1. The molecule has 0 radical (unpaired) electrons. The number of piperidine rings is 1. The Hall–Kier alpha value is -2.11. The van der Waals surface area contributed by atoms with Crippen molar-refractivity contribution in [2.24, 2.45) is 11.7 Å². The average molecular weight is 245 g/mol. The third-order valence-corrected chi connectivity index (χ3v) is 3.50. The topological polar surface area (TPSA) is 76.5 Å². The minimum atomic E-state index is -0.190. The summed E-state index contributed by atoms with van der Waals surface area (Å²) in [7, 11) is 0. The van der Waals surface area contributed by atoms with Crippen LogP contribution in [-0.4, -0.2) is 33.6 Å². The maximum Gasteiger partial charge on any atom is 0.220 e. The molecule has 0 bridgehead atoms. The Bertz CT molecular complexity index is 571. The maximum absolute atomic E-state index is 11.1. The molecule has 1 amide bonds. The molecule has 2 aromatic rings. The van der Waals surface area contributed by atoms with E-state index in [0.717, 1.165) is 37.3 Å². The second kappa shape index (κ2) is 4.29. The summed E-state index contributed by atoms with van der Waals surface area (Å²) in [4.78, 5) is 17.8. The molecule has 6 heteroatoms. The second-order valence-electron chi connectivity index (χ2n) is 4.58. The third kappa shape index (κ3) is 1.79. The van der Waals surface area contributed by atoms with Gasteiger partial charge in [-0.2, -0.15) is 5.10 Å². The van der Waals surface area contributed by atoms with E-state index in [1.54, 1.807) is 12.4 Å². The summed E-state index contributed by atoms with van der Waals surface area (Å²) in [5.41, 5.74) is 6.33. The van der Waals surface area contributed by atoms with E-state index in [9.17, 15) is 4.79 Å². The van der Waals surface area contributed by atoms with Crippen LogP contribution in [0.3, 0.4) is 0 Å². The van der Waals surface area contributed by atoms with E-state index in [4.69, 9.17) is 5.73 Å². The molecule has 1 fully saturated rings. The molecule has 94 valence electrons. The van der Waals surface area contributed by atoms with Crippen molar-refractivity contribution in [3.8, 4) is 0 Å². The molecule has 1 aliphatic rings. The zero-order chi connectivity index (χ0) is 12.5. The Morgan fingerprint density at radius 2 is 2.11 bits per heavy atom. The minimum absolute atomic E-state index is 0.00546. The van der Waals surface area contributed by atoms with Gasteiger partial charge in [-0.05, 0) is 18.9 Å². The van der Waals surface area contributed by atoms with Crippen LogP contribution in [0.5, 0.6) is 0 Å². The molecule has 3 rings (SSSR count). The molecular weight excluding hydrogens is 230 g/mol. The fraction of sp³-hybridized carbons (Fsp3) is 0.417. The molecule has 0 atom stereocenters. The summed E-state index contributed by atoms with van der Waals surface area (Å²) in [6, 6.07) is 1.95. The van der Waals surface area contributed by atoms with Gasteiger partial charge in [0.2, 0.25) is 5.91 Å². The standard InChI is InChI=1S/C12H15N5O/c13-11(18)9-2-6-16(7-3-9)12-10-1-4-15-17(10)8-5-14-12/h1,4-5,8-9H,2-3,6-7H2,(H2,13,18). The summed E-state index contributed by atoms with van der Waals surface area (Å²) in [6.07, 6.45) is 6.93. The van der Waals surface area contributed by atoms with Crippen LogP contribution in [0, 0.1) is 5.92 Å². The molecule has 2 N–H and O–H groups in total. The van der Waals surface area contributed by atoms with Crippen LogP contribution in [0.2, 0.25) is 0 Å². The quantitative estimate of drug-likeness (QED) is 0.832. The number of primary amides is 1. The molecule has 6 nitrogen and oxygen atoms in total. The van der Waals surface area contributed by atoms with Crippen LogP contribution in [0.25, 0.3) is 5.52 Å². The van der Waals surface area contributed by atoms with Gasteiger partial charge in [-0.25, -0.2) is 9.50 Å². The highest BCUT2D eigenvalue weighted by Crippen LogP contribution is 2.24. The van der Waals surface area contributed by atoms with Crippen LogP contribution in [0.1, 0.15) is 12.8 Å². The number of nitrogens with two attached hydrogens (primary N) is 1. The highest BCUT2D eigenvalue weighted by molar-refractivity contribution is 5.77. The Balaban J connectivity index is 1.84. The van der Waals surface area contributed by atoms with Crippen molar-refractivity contribution in [1.29, 1.82) is 0 Å². The molecule has 0 aromatic carbocycles. The first-order chi connectivity index (χ1) is 8.75. The van der Waals surface area contributed by atoms with E-state index in [-0.39, 0.29) is 11.8 Å². The normalized spacial score (nSPS) is 17.2. The van der Waals surface area contributed by atoms with Gasteiger partial charge in [-0.15, -0.1) is 0 Å². The first kappa shape index (κ1) is 11.0. The van der Waals surface area contributed by atoms with E-state index in [1.807, 2.05) is 16.8 Å². The van der Waals surface area contributed by atoms with Gasteiger partial charge in [0.25, 0.3) is 0 Å². The fourth-order valence-corrected chi connectivity index (χ4v) is 2.46. The number of aromatic nitrogens is 3. The van der Waals surface area contributed by atoms with Gasteiger partial charge in [0.1, 0.15) is 5.52 Å². The minimum Gasteiger partial charge on any atom is -0.369 e. The molecule has 0 saturated carbocycles. The lowest BCUT2D eigenvalue weighted by molar-refractivity contribution is -0.122. The molecule has 3 heterocycles. The molecule has 0 unspecified atom stereocenters. The Kier molecular flexibility index (Phi) is 2.62.